The highest BCUT2D eigenvalue weighted by Crippen LogP contribution is 2.34. The molecule has 2 amide bonds. The second-order valence-corrected chi connectivity index (χ2v) is 7.05. The van der Waals surface area contributed by atoms with Gasteiger partial charge in [0.25, 0.3) is 11.8 Å². The molecule has 2 rings (SSSR count). The topological polar surface area (TPSA) is 81.4 Å². The summed E-state index contributed by atoms with van der Waals surface area (Å²) in [5.41, 5.74) is 6.57. The lowest BCUT2D eigenvalue weighted by Crippen LogP contribution is -2.22. The summed E-state index contributed by atoms with van der Waals surface area (Å²) in [6.07, 6.45) is 0. The Kier molecular flexibility index (Phi) is 5.60. The Morgan fingerprint density at radius 2 is 1.95 bits per heavy atom. The van der Waals surface area contributed by atoms with Gasteiger partial charge in [0.2, 0.25) is 0 Å². The van der Waals surface area contributed by atoms with Crippen molar-refractivity contribution >= 4 is 60.0 Å². The Labute approximate surface area is 148 Å². The average Bonchev–Trinajstić information content (AvgIpc) is 2.85. The van der Waals surface area contributed by atoms with Crippen LogP contribution >= 0.6 is 43.2 Å². The summed E-state index contributed by atoms with van der Waals surface area (Å²) in [6, 6.07) is 5.35. The number of amides is 2. The van der Waals surface area contributed by atoms with E-state index < -0.39 is 5.91 Å². The molecule has 116 valence electrons. The molecule has 0 saturated carbocycles. The van der Waals surface area contributed by atoms with Crippen LogP contribution in [-0.4, -0.2) is 18.4 Å². The molecule has 0 radical (unpaired) electrons. The minimum Gasteiger partial charge on any atom is -0.481 e. The number of aryl methyl sites for hydroxylation is 1. The standard InChI is InChI=1S/C14H12Br2N2O3S/c1-7-4-9(15)12(10(16)5-7)21-6-11(19)18-14-8(13(17)20)2-3-22-14/h2-5H,6H2,1H3,(H2,17,20)(H,18,19). The monoisotopic (exact) mass is 446 g/mol. The van der Waals surface area contributed by atoms with Crippen molar-refractivity contribution in [3.05, 3.63) is 43.7 Å². The Morgan fingerprint density at radius 1 is 1.32 bits per heavy atom. The summed E-state index contributed by atoms with van der Waals surface area (Å²) in [5.74, 6) is -0.409. The van der Waals surface area contributed by atoms with Crippen molar-refractivity contribution in [2.24, 2.45) is 5.73 Å². The first-order valence-corrected chi connectivity index (χ1v) is 8.60. The summed E-state index contributed by atoms with van der Waals surface area (Å²) < 4.78 is 7.02. The van der Waals surface area contributed by atoms with Crippen LogP contribution in [0, 0.1) is 6.92 Å². The molecule has 1 heterocycles. The van der Waals surface area contributed by atoms with Gasteiger partial charge in [0.15, 0.2) is 6.61 Å². The number of rotatable bonds is 5. The van der Waals surface area contributed by atoms with Crippen LogP contribution in [0.5, 0.6) is 5.75 Å². The van der Waals surface area contributed by atoms with E-state index in [-0.39, 0.29) is 18.1 Å². The molecule has 0 atom stereocenters. The SMILES string of the molecule is Cc1cc(Br)c(OCC(=O)Nc2sccc2C(N)=O)c(Br)c1. The van der Waals surface area contributed by atoms with Gasteiger partial charge in [0, 0.05) is 0 Å². The van der Waals surface area contributed by atoms with E-state index in [1.807, 2.05) is 19.1 Å². The van der Waals surface area contributed by atoms with E-state index in [4.69, 9.17) is 10.5 Å². The third-order valence-electron chi connectivity index (χ3n) is 2.67. The number of ether oxygens (including phenoxy) is 1. The van der Waals surface area contributed by atoms with Gasteiger partial charge in [0.1, 0.15) is 10.8 Å². The molecule has 0 spiro atoms. The normalized spacial score (nSPS) is 10.3. The van der Waals surface area contributed by atoms with Gasteiger partial charge in [-0.2, -0.15) is 0 Å². The molecule has 0 bridgehead atoms. The van der Waals surface area contributed by atoms with E-state index >= 15 is 0 Å². The van der Waals surface area contributed by atoms with Gasteiger partial charge < -0.3 is 15.8 Å². The fourth-order valence-electron chi connectivity index (χ4n) is 1.73. The maximum Gasteiger partial charge on any atom is 0.262 e. The quantitative estimate of drug-likeness (QED) is 0.733. The molecule has 2 aromatic rings. The average molecular weight is 448 g/mol. The van der Waals surface area contributed by atoms with E-state index in [1.165, 1.54) is 11.3 Å². The smallest absolute Gasteiger partial charge is 0.262 e. The van der Waals surface area contributed by atoms with Gasteiger partial charge in [-0.15, -0.1) is 11.3 Å². The fourth-order valence-corrected chi connectivity index (χ4v) is 4.18. The fraction of sp³-hybridized carbons (Fsp3) is 0.143. The van der Waals surface area contributed by atoms with Gasteiger partial charge in [-0.25, -0.2) is 0 Å². The summed E-state index contributed by atoms with van der Waals surface area (Å²) in [6.45, 7) is 1.77. The number of primary amides is 1. The van der Waals surface area contributed by atoms with Gasteiger partial charge in [-0.3, -0.25) is 9.59 Å². The van der Waals surface area contributed by atoms with Crippen molar-refractivity contribution in [2.75, 3.05) is 11.9 Å². The van der Waals surface area contributed by atoms with E-state index in [2.05, 4.69) is 37.2 Å². The number of thiophene rings is 1. The minimum absolute atomic E-state index is 0.184. The lowest BCUT2D eigenvalue weighted by Gasteiger charge is -2.11. The van der Waals surface area contributed by atoms with Crippen LogP contribution in [0.4, 0.5) is 5.00 Å². The van der Waals surface area contributed by atoms with Crippen molar-refractivity contribution in [3.63, 3.8) is 0 Å². The number of hydrogen-bond acceptors (Lipinski definition) is 4. The van der Waals surface area contributed by atoms with Crippen molar-refractivity contribution in [1.82, 2.24) is 0 Å². The molecule has 1 aromatic heterocycles. The number of nitrogens with one attached hydrogen (secondary N) is 1. The molecule has 22 heavy (non-hydrogen) atoms. The minimum atomic E-state index is -0.582. The van der Waals surface area contributed by atoms with E-state index in [0.717, 1.165) is 14.5 Å². The number of halogens is 2. The highest BCUT2D eigenvalue weighted by atomic mass is 79.9. The Morgan fingerprint density at radius 3 is 2.55 bits per heavy atom. The molecule has 0 aliphatic heterocycles. The van der Waals surface area contributed by atoms with Crippen molar-refractivity contribution in [2.45, 2.75) is 6.92 Å². The molecule has 0 fully saturated rings. The zero-order valence-corrected chi connectivity index (χ0v) is 15.5. The number of carbonyl (C=O) groups excluding carboxylic acids is 2. The predicted molar refractivity (Wildman–Crippen MR) is 93.5 cm³/mol. The Hall–Kier alpha value is -1.38. The number of benzene rings is 1. The molecule has 3 N–H and O–H groups in total. The van der Waals surface area contributed by atoms with E-state index in [9.17, 15) is 9.59 Å². The lowest BCUT2D eigenvalue weighted by molar-refractivity contribution is -0.118. The molecule has 5 nitrogen and oxygen atoms in total. The molecule has 0 aliphatic rings. The molecule has 0 aliphatic carbocycles. The van der Waals surface area contributed by atoms with Crippen LogP contribution in [0.2, 0.25) is 0 Å². The molecular formula is C14H12Br2N2O3S. The van der Waals surface area contributed by atoms with Crippen molar-refractivity contribution in [3.8, 4) is 5.75 Å². The highest BCUT2D eigenvalue weighted by Gasteiger charge is 2.14. The van der Waals surface area contributed by atoms with Crippen LogP contribution in [-0.2, 0) is 4.79 Å². The zero-order valence-electron chi connectivity index (χ0n) is 11.5. The predicted octanol–water partition coefficient (Wildman–Crippen LogP) is 3.70. The maximum atomic E-state index is 11.9. The maximum absolute atomic E-state index is 11.9. The van der Waals surface area contributed by atoms with Gasteiger partial charge in [-0.05, 0) is 67.9 Å². The number of nitrogens with two attached hydrogens (primary N) is 1. The van der Waals surface area contributed by atoms with Crippen LogP contribution in [0.25, 0.3) is 0 Å². The van der Waals surface area contributed by atoms with E-state index in [1.54, 1.807) is 11.4 Å². The summed E-state index contributed by atoms with van der Waals surface area (Å²) in [7, 11) is 0. The van der Waals surface area contributed by atoms with Crippen LogP contribution in [0.15, 0.2) is 32.5 Å². The molecule has 0 unspecified atom stereocenters. The number of carbonyl (C=O) groups is 2. The first-order chi connectivity index (χ1) is 10.4. The van der Waals surface area contributed by atoms with Gasteiger partial charge in [0.05, 0.1) is 14.5 Å². The summed E-state index contributed by atoms with van der Waals surface area (Å²) in [5, 5.41) is 4.72. The number of hydrogen-bond donors (Lipinski definition) is 2. The highest BCUT2D eigenvalue weighted by molar-refractivity contribution is 9.11. The van der Waals surface area contributed by atoms with Gasteiger partial charge in [-0.1, -0.05) is 0 Å². The third-order valence-corrected chi connectivity index (χ3v) is 4.68. The Bertz CT molecular complexity index is 708. The first kappa shape index (κ1) is 17.0. The molecule has 8 heteroatoms. The summed E-state index contributed by atoms with van der Waals surface area (Å²) >= 11 is 8.02. The second kappa shape index (κ2) is 7.26. The Balaban J connectivity index is 2.02. The third kappa shape index (κ3) is 4.08. The van der Waals surface area contributed by atoms with Crippen LogP contribution in [0.1, 0.15) is 15.9 Å². The molecule has 0 saturated heterocycles. The lowest BCUT2D eigenvalue weighted by atomic mass is 10.2. The van der Waals surface area contributed by atoms with Crippen molar-refractivity contribution in [1.29, 1.82) is 0 Å². The van der Waals surface area contributed by atoms with Crippen LogP contribution in [0.3, 0.4) is 0 Å². The first-order valence-electron chi connectivity index (χ1n) is 6.14. The number of anilines is 1. The van der Waals surface area contributed by atoms with E-state index in [0.29, 0.717) is 10.8 Å². The van der Waals surface area contributed by atoms with Crippen LogP contribution < -0.4 is 15.8 Å². The summed E-state index contributed by atoms with van der Waals surface area (Å²) in [4.78, 5) is 23.1. The largest absolute Gasteiger partial charge is 0.481 e. The van der Waals surface area contributed by atoms with Crippen molar-refractivity contribution < 1.29 is 14.3 Å². The van der Waals surface area contributed by atoms with Gasteiger partial charge >= 0.3 is 0 Å². The zero-order chi connectivity index (χ0) is 16.3. The molecular weight excluding hydrogens is 436 g/mol. The molecule has 1 aromatic carbocycles. The second-order valence-electron chi connectivity index (χ2n) is 4.42.